The number of amides is 1. The molecule has 1 aromatic rings. The van der Waals surface area contributed by atoms with E-state index >= 15 is 0 Å². The first-order chi connectivity index (χ1) is 20.4. The van der Waals surface area contributed by atoms with E-state index in [2.05, 4.69) is 16.4 Å². The summed E-state index contributed by atoms with van der Waals surface area (Å²) in [4.78, 5) is 17.3. The molecule has 0 aromatic heterocycles. The molecule has 0 spiro atoms. The van der Waals surface area contributed by atoms with Gasteiger partial charge in [-0.25, -0.2) is 17.8 Å². The summed E-state index contributed by atoms with van der Waals surface area (Å²) in [5.74, 6) is -0.306. The molecule has 3 rings (SSSR count). The molecule has 9 nitrogen and oxygen atoms in total. The highest BCUT2D eigenvalue weighted by Crippen LogP contribution is 2.36. The molecule has 0 atom stereocenters. The van der Waals surface area contributed by atoms with Gasteiger partial charge < -0.3 is 19.5 Å². The van der Waals surface area contributed by atoms with E-state index in [1.54, 1.807) is 0 Å². The van der Waals surface area contributed by atoms with Gasteiger partial charge in [0.25, 0.3) is 5.91 Å². The molecule has 11 heteroatoms. The van der Waals surface area contributed by atoms with E-state index in [-0.39, 0.29) is 46.9 Å². The van der Waals surface area contributed by atoms with Crippen LogP contribution in [0, 0.1) is 11.7 Å². The second kappa shape index (κ2) is 15.9. The number of nitrogens with one attached hydrogen (secondary N) is 1. The molecule has 2 aliphatic heterocycles. The average molecular weight is 636 g/mol. The zero-order chi connectivity index (χ0) is 33.3. The van der Waals surface area contributed by atoms with Gasteiger partial charge in [0.1, 0.15) is 25.0 Å². The van der Waals surface area contributed by atoms with Gasteiger partial charge >= 0.3 is 0 Å². The molecule has 0 bridgehead atoms. The van der Waals surface area contributed by atoms with Crippen LogP contribution in [-0.4, -0.2) is 69.0 Å². The van der Waals surface area contributed by atoms with Crippen LogP contribution in [0.25, 0.3) is 5.76 Å². The zero-order valence-corrected chi connectivity index (χ0v) is 28.7. The van der Waals surface area contributed by atoms with Crippen LogP contribution in [0.3, 0.4) is 0 Å². The van der Waals surface area contributed by atoms with Crippen molar-refractivity contribution in [2.24, 2.45) is 10.9 Å². The predicted molar refractivity (Wildman–Crippen MR) is 174 cm³/mol. The highest BCUT2D eigenvalue weighted by Gasteiger charge is 2.44. The van der Waals surface area contributed by atoms with Crippen molar-refractivity contribution < 1.29 is 31.8 Å². The second-order valence-electron chi connectivity index (χ2n) is 12.5. The summed E-state index contributed by atoms with van der Waals surface area (Å²) in [5.41, 5.74) is 2.24. The van der Waals surface area contributed by atoms with Gasteiger partial charge in [-0.2, -0.15) is 4.31 Å². The van der Waals surface area contributed by atoms with Crippen molar-refractivity contribution in [3.05, 3.63) is 64.5 Å². The Morgan fingerprint density at radius 2 is 1.68 bits per heavy atom. The van der Waals surface area contributed by atoms with Crippen LogP contribution in [0.5, 0.6) is 0 Å². The van der Waals surface area contributed by atoms with E-state index in [9.17, 15) is 17.6 Å². The average Bonchev–Trinajstić information content (AvgIpc) is 3.38. The minimum Gasteiger partial charge on any atom is -0.437 e. The van der Waals surface area contributed by atoms with Crippen LogP contribution < -0.4 is 5.32 Å². The van der Waals surface area contributed by atoms with Crippen molar-refractivity contribution >= 4 is 27.6 Å². The van der Waals surface area contributed by atoms with Crippen LogP contribution in [0.15, 0.2) is 58.1 Å². The highest BCUT2D eigenvalue weighted by molar-refractivity contribution is 7.88. The third-order valence-corrected chi connectivity index (χ3v) is 8.77. The number of hydrogen-bond acceptors (Lipinski definition) is 7. The van der Waals surface area contributed by atoms with E-state index in [1.807, 2.05) is 61.5 Å². The number of sulfonamides is 1. The number of hydrogen-bond donors (Lipinski definition) is 1. The summed E-state index contributed by atoms with van der Waals surface area (Å²) in [6, 6.07) is 5.63. The fourth-order valence-electron chi connectivity index (χ4n) is 4.17. The SMILES string of the molecule is CC1(C)OCOC1(C)C.CNC(=O)C1=C(c2ccc(F)cc2)OC(=N/CN(CCCCC=C(C)C)S(C)(=O)=O)/C1=C\C(C)C. The Kier molecular flexibility index (Phi) is 13.5. The molecule has 1 N–H and O–H groups in total. The molecule has 1 aromatic carbocycles. The maximum atomic E-state index is 13.5. The number of ether oxygens (including phenoxy) is 3. The van der Waals surface area contributed by atoms with E-state index in [0.29, 0.717) is 30.9 Å². The Hall–Kier alpha value is -2.86. The maximum Gasteiger partial charge on any atom is 0.255 e. The minimum absolute atomic E-state index is 0.0621. The van der Waals surface area contributed by atoms with Crippen molar-refractivity contribution in [1.82, 2.24) is 9.62 Å². The number of aliphatic imine (C=N–C) groups is 1. The largest absolute Gasteiger partial charge is 0.437 e. The lowest BCUT2D eigenvalue weighted by molar-refractivity contribution is -0.116. The second-order valence-corrected chi connectivity index (χ2v) is 14.4. The number of carbonyl (C=O) groups excluding carboxylic acids is 1. The van der Waals surface area contributed by atoms with Gasteiger partial charge in [-0.3, -0.25) is 4.79 Å². The smallest absolute Gasteiger partial charge is 0.255 e. The number of rotatable bonds is 11. The lowest BCUT2D eigenvalue weighted by atomic mass is 9.90. The first-order valence-corrected chi connectivity index (χ1v) is 16.8. The minimum atomic E-state index is -3.50. The molecule has 1 amide bonds. The molecular formula is C33H50FN3O6S. The number of halogens is 1. The molecule has 1 fully saturated rings. The third-order valence-electron chi connectivity index (χ3n) is 7.53. The fraction of sp³-hybridized carbons (Fsp3) is 0.576. The Labute approximate surface area is 263 Å². The number of benzene rings is 1. The van der Waals surface area contributed by atoms with Crippen molar-refractivity contribution in [3.8, 4) is 0 Å². The third kappa shape index (κ3) is 10.6. The number of likely N-dealkylation sites (N-methyl/N-ethyl adjacent to an activating group) is 1. The van der Waals surface area contributed by atoms with Gasteiger partial charge in [-0.05, 0) is 91.0 Å². The quantitative estimate of drug-likeness (QED) is 0.229. The highest BCUT2D eigenvalue weighted by atomic mass is 32.2. The first-order valence-electron chi connectivity index (χ1n) is 14.9. The summed E-state index contributed by atoms with van der Waals surface area (Å²) >= 11 is 0. The molecule has 246 valence electrons. The van der Waals surface area contributed by atoms with Gasteiger partial charge in [0, 0.05) is 24.7 Å². The lowest BCUT2D eigenvalue weighted by Gasteiger charge is -2.30. The van der Waals surface area contributed by atoms with Crippen molar-refractivity contribution in [1.29, 1.82) is 0 Å². The summed E-state index contributed by atoms with van der Waals surface area (Å²) in [7, 11) is -1.99. The summed E-state index contributed by atoms with van der Waals surface area (Å²) < 4.78 is 56.2. The molecule has 1 saturated heterocycles. The Bertz CT molecular complexity index is 1360. The van der Waals surface area contributed by atoms with Gasteiger partial charge in [0.05, 0.1) is 23.0 Å². The van der Waals surface area contributed by atoms with Gasteiger partial charge in [-0.1, -0.05) is 31.6 Å². The monoisotopic (exact) mass is 635 g/mol. The Morgan fingerprint density at radius 3 is 2.14 bits per heavy atom. The molecule has 2 heterocycles. The molecule has 2 aliphatic rings. The van der Waals surface area contributed by atoms with Crippen molar-refractivity contribution in [2.75, 3.05) is 33.3 Å². The van der Waals surface area contributed by atoms with Gasteiger partial charge in [0.15, 0.2) is 0 Å². The van der Waals surface area contributed by atoms with Crippen molar-refractivity contribution in [2.45, 2.75) is 85.9 Å². The summed E-state index contributed by atoms with van der Waals surface area (Å²) in [6.45, 7) is 16.8. The topological polar surface area (TPSA) is 107 Å². The van der Waals surface area contributed by atoms with Gasteiger partial charge in [-0.15, -0.1) is 0 Å². The van der Waals surface area contributed by atoms with Crippen LogP contribution >= 0.6 is 0 Å². The van der Waals surface area contributed by atoms with E-state index in [0.717, 1.165) is 19.1 Å². The maximum absolute atomic E-state index is 13.5. The summed E-state index contributed by atoms with van der Waals surface area (Å²) in [6.07, 6.45) is 7.58. The van der Waals surface area contributed by atoms with Crippen LogP contribution in [0.1, 0.15) is 80.2 Å². The van der Waals surface area contributed by atoms with Crippen LogP contribution in [0.4, 0.5) is 4.39 Å². The summed E-state index contributed by atoms with van der Waals surface area (Å²) in [5, 5.41) is 2.62. The Morgan fingerprint density at radius 1 is 1.09 bits per heavy atom. The molecular weight excluding hydrogens is 585 g/mol. The zero-order valence-electron chi connectivity index (χ0n) is 27.9. The Balaban J connectivity index is 0.000000639. The molecule has 0 unspecified atom stereocenters. The van der Waals surface area contributed by atoms with Crippen LogP contribution in [-0.2, 0) is 29.0 Å². The molecule has 0 radical (unpaired) electrons. The number of unbranched alkanes of at least 4 members (excludes halogenated alkanes) is 2. The molecule has 44 heavy (non-hydrogen) atoms. The first kappa shape index (κ1) is 37.3. The normalized spacial score (nSPS) is 19.3. The van der Waals surface area contributed by atoms with E-state index in [4.69, 9.17) is 14.2 Å². The van der Waals surface area contributed by atoms with Gasteiger partial charge in [0.2, 0.25) is 15.9 Å². The number of carbonyl (C=O) groups is 1. The molecule has 0 aliphatic carbocycles. The van der Waals surface area contributed by atoms with Crippen LogP contribution in [0.2, 0.25) is 0 Å². The van der Waals surface area contributed by atoms with Crippen molar-refractivity contribution in [3.63, 3.8) is 0 Å². The standard InChI is InChI=1S/C26H36FN3O4S.C7H14O2/c1-18(2)10-8-7-9-15-30(35(6,32)33)17-29-26-22(16-19(3)4)23(25(31)28-5)24(34-26)20-11-13-21(27)14-12-20;1-6(2)7(3,4)9-5-8-6/h10-14,16,19H,7-9,15,17H2,1-6H3,(H,28,31);5H2,1-4H3/b22-16-,29-26+;. The van der Waals surface area contributed by atoms with E-state index < -0.39 is 15.8 Å². The van der Waals surface area contributed by atoms with E-state index in [1.165, 1.54) is 41.2 Å². The predicted octanol–water partition coefficient (Wildman–Crippen LogP) is 6.20. The lowest BCUT2D eigenvalue weighted by Crippen LogP contribution is -2.41. The number of nitrogens with zero attached hydrogens (tertiary/aromatic N) is 2. The number of allylic oxidation sites excluding steroid dienone is 3. The fourth-order valence-corrected chi connectivity index (χ4v) is 4.90. The molecule has 0 saturated carbocycles.